The highest BCUT2D eigenvalue weighted by Gasteiger charge is 2.30. The van der Waals surface area contributed by atoms with Crippen LogP contribution in [0.3, 0.4) is 0 Å². The van der Waals surface area contributed by atoms with E-state index in [0.717, 1.165) is 12.5 Å². The van der Waals surface area contributed by atoms with Gasteiger partial charge in [-0.2, -0.15) is 13.2 Å². The Morgan fingerprint density at radius 2 is 1.94 bits per heavy atom. The molecule has 0 aliphatic heterocycles. The van der Waals surface area contributed by atoms with Crippen LogP contribution in [0.2, 0.25) is 0 Å². The van der Waals surface area contributed by atoms with Gasteiger partial charge in [0.25, 0.3) is 0 Å². The molecule has 1 aromatic rings. The second-order valence-electron chi connectivity index (χ2n) is 3.09. The van der Waals surface area contributed by atoms with Crippen molar-refractivity contribution in [3.05, 3.63) is 29.6 Å². The summed E-state index contributed by atoms with van der Waals surface area (Å²) in [5.74, 6) is -0.644. The fourth-order valence-electron chi connectivity index (χ4n) is 1.21. The van der Waals surface area contributed by atoms with Crippen molar-refractivity contribution in [2.75, 3.05) is 5.33 Å². The summed E-state index contributed by atoms with van der Waals surface area (Å²) in [6.07, 6.45) is 1.22. The SMILES string of the molecule is Fc1ccc(CCCBr)c(SC(F)(F)F)c1. The minimum Gasteiger partial charge on any atom is -0.207 e. The van der Waals surface area contributed by atoms with Crippen molar-refractivity contribution in [3.63, 3.8) is 0 Å². The maximum atomic E-state index is 12.9. The molecule has 0 fully saturated rings. The summed E-state index contributed by atoms with van der Waals surface area (Å²) in [5.41, 5.74) is -3.85. The smallest absolute Gasteiger partial charge is 0.207 e. The maximum absolute atomic E-state index is 12.9. The van der Waals surface area contributed by atoms with Gasteiger partial charge in [0, 0.05) is 10.2 Å². The summed E-state index contributed by atoms with van der Waals surface area (Å²) < 4.78 is 49.5. The number of hydrogen-bond donors (Lipinski definition) is 0. The molecule has 0 aliphatic carbocycles. The Balaban J connectivity index is 2.89. The topological polar surface area (TPSA) is 0 Å². The van der Waals surface area contributed by atoms with E-state index < -0.39 is 11.3 Å². The van der Waals surface area contributed by atoms with Crippen molar-refractivity contribution >= 4 is 27.7 Å². The van der Waals surface area contributed by atoms with Crippen LogP contribution in [0.25, 0.3) is 0 Å². The standard InChI is InChI=1S/C10H9BrF4S/c11-5-1-2-7-3-4-8(12)6-9(7)16-10(13,14)15/h3-4,6H,1-2,5H2. The van der Waals surface area contributed by atoms with Gasteiger partial charge in [-0.05, 0) is 42.3 Å². The number of rotatable bonds is 4. The van der Waals surface area contributed by atoms with Gasteiger partial charge in [-0.3, -0.25) is 0 Å². The Morgan fingerprint density at radius 3 is 2.50 bits per heavy atom. The first-order valence-corrected chi connectivity index (χ1v) is 6.46. The van der Waals surface area contributed by atoms with E-state index in [2.05, 4.69) is 15.9 Å². The Hall–Kier alpha value is -0.230. The molecule has 0 N–H and O–H groups in total. The number of halogens is 5. The Bertz CT molecular complexity index is 351. The molecular formula is C10H9BrF4S. The molecule has 0 saturated carbocycles. The largest absolute Gasteiger partial charge is 0.446 e. The molecule has 1 aromatic carbocycles. The highest BCUT2D eigenvalue weighted by Crippen LogP contribution is 2.39. The van der Waals surface area contributed by atoms with Crippen molar-refractivity contribution in [1.82, 2.24) is 0 Å². The lowest BCUT2D eigenvalue weighted by Crippen LogP contribution is -2.02. The average molecular weight is 317 g/mol. The first-order valence-electron chi connectivity index (χ1n) is 4.52. The quantitative estimate of drug-likeness (QED) is 0.438. The molecule has 0 amide bonds. The fourth-order valence-corrected chi connectivity index (χ4v) is 2.21. The highest BCUT2D eigenvalue weighted by atomic mass is 79.9. The third-order valence-electron chi connectivity index (χ3n) is 1.83. The van der Waals surface area contributed by atoms with E-state index in [1.165, 1.54) is 12.1 Å². The van der Waals surface area contributed by atoms with Crippen LogP contribution < -0.4 is 0 Å². The predicted molar refractivity (Wildman–Crippen MR) is 60.4 cm³/mol. The minimum absolute atomic E-state index is 0.0477. The normalized spacial score (nSPS) is 11.8. The molecule has 0 nitrogen and oxygen atoms in total. The van der Waals surface area contributed by atoms with Crippen LogP contribution in [0.15, 0.2) is 23.1 Å². The summed E-state index contributed by atoms with van der Waals surface area (Å²) in [6.45, 7) is 0. The first-order chi connectivity index (χ1) is 7.42. The summed E-state index contributed by atoms with van der Waals surface area (Å²) in [6, 6.07) is 3.53. The molecule has 0 radical (unpaired) electrons. The highest BCUT2D eigenvalue weighted by molar-refractivity contribution is 9.09. The van der Waals surface area contributed by atoms with Gasteiger partial charge < -0.3 is 0 Å². The maximum Gasteiger partial charge on any atom is 0.446 e. The summed E-state index contributed by atoms with van der Waals surface area (Å²) in [4.78, 5) is -0.0477. The van der Waals surface area contributed by atoms with E-state index in [9.17, 15) is 17.6 Å². The first kappa shape index (κ1) is 13.8. The van der Waals surface area contributed by atoms with Crippen LogP contribution in [0.5, 0.6) is 0 Å². The molecule has 0 heterocycles. The third kappa shape index (κ3) is 4.74. The predicted octanol–water partition coefficient (Wildman–Crippen LogP) is 4.77. The van der Waals surface area contributed by atoms with Crippen LogP contribution >= 0.6 is 27.7 Å². The zero-order valence-electron chi connectivity index (χ0n) is 8.15. The van der Waals surface area contributed by atoms with Gasteiger partial charge in [0.2, 0.25) is 0 Å². The van der Waals surface area contributed by atoms with Gasteiger partial charge in [-0.25, -0.2) is 4.39 Å². The van der Waals surface area contributed by atoms with Gasteiger partial charge in [-0.15, -0.1) is 0 Å². The summed E-state index contributed by atoms with van der Waals surface area (Å²) in [5, 5.41) is 0.709. The molecule has 6 heteroatoms. The van der Waals surface area contributed by atoms with E-state index in [0.29, 0.717) is 17.3 Å². The van der Waals surface area contributed by atoms with Crippen LogP contribution in [0.1, 0.15) is 12.0 Å². The number of alkyl halides is 4. The Labute approximate surface area is 104 Å². The van der Waals surface area contributed by atoms with E-state index in [4.69, 9.17) is 0 Å². The summed E-state index contributed by atoms with van der Waals surface area (Å²) >= 11 is 2.94. The molecule has 0 spiro atoms. The molecule has 0 unspecified atom stereocenters. The van der Waals surface area contributed by atoms with Gasteiger partial charge in [0.05, 0.1) is 0 Å². The van der Waals surface area contributed by atoms with E-state index >= 15 is 0 Å². The molecule has 0 bridgehead atoms. The van der Waals surface area contributed by atoms with Gasteiger partial charge in [0.15, 0.2) is 0 Å². The van der Waals surface area contributed by atoms with Gasteiger partial charge >= 0.3 is 5.51 Å². The minimum atomic E-state index is -4.38. The second kappa shape index (κ2) is 5.91. The Kier molecular flexibility index (Phi) is 5.11. The zero-order chi connectivity index (χ0) is 12.2. The Morgan fingerprint density at radius 1 is 1.25 bits per heavy atom. The number of benzene rings is 1. The van der Waals surface area contributed by atoms with Gasteiger partial charge in [-0.1, -0.05) is 22.0 Å². The fraction of sp³-hybridized carbons (Fsp3) is 0.400. The van der Waals surface area contributed by atoms with Crippen molar-refractivity contribution in [2.24, 2.45) is 0 Å². The monoisotopic (exact) mass is 316 g/mol. The van der Waals surface area contributed by atoms with Crippen LogP contribution in [-0.4, -0.2) is 10.8 Å². The van der Waals surface area contributed by atoms with Crippen LogP contribution in [0, 0.1) is 5.82 Å². The molecule has 16 heavy (non-hydrogen) atoms. The van der Waals surface area contributed by atoms with Crippen LogP contribution in [0.4, 0.5) is 17.6 Å². The second-order valence-corrected chi connectivity index (χ2v) is 4.99. The molecule has 0 aliphatic rings. The van der Waals surface area contributed by atoms with E-state index in [-0.39, 0.29) is 16.7 Å². The van der Waals surface area contributed by atoms with Crippen molar-refractivity contribution in [1.29, 1.82) is 0 Å². The molecular weight excluding hydrogens is 308 g/mol. The molecule has 0 atom stereocenters. The van der Waals surface area contributed by atoms with E-state index in [1.54, 1.807) is 0 Å². The zero-order valence-corrected chi connectivity index (χ0v) is 10.6. The lowest BCUT2D eigenvalue weighted by Gasteiger charge is -2.10. The van der Waals surface area contributed by atoms with Crippen molar-refractivity contribution < 1.29 is 17.6 Å². The molecule has 0 aromatic heterocycles. The lowest BCUT2D eigenvalue weighted by molar-refractivity contribution is -0.0328. The van der Waals surface area contributed by atoms with E-state index in [1.807, 2.05) is 0 Å². The molecule has 0 saturated heterocycles. The van der Waals surface area contributed by atoms with Crippen LogP contribution in [-0.2, 0) is 6.42 Å². The molecule has 1 rings (SSSR count). The molecule has 90 valence electrons. The number of aryl methyl sites for hydroxylation is 1. The van der Waals surface area contributed by atoms with Gasteiger partial charge in [0.1, 0.15) is 5.82 Å². The van der Waals surface area contributed by atoms with Crippen molar-refractivity contribution in [2.45, 2.75) is 23.2 Å². The average Bonchev–Trinajstić information content (AvgIpc) is 2.14. The third-order valence-corrected chi connectivity index (χ3v) is 3.23. The van der Waals surface area contributed by atoms with Crippen molar-refractivity contribution in [3.8, 4) is 0 Å². The summed E-state index contributed by atoms with van der Waals surface area (Å²) in [7, 11) is 0. The lowest BCUT2D eigenvalue weighted by atomic mass is 10.1. The number of thioether (sulfide) groups is 1. The number of hydrogen-bond acceptors (Lipinski definition) is 1.